The first kappa shape index (κ1) is 10.3. The van der Waals surface area contributed by atoms with Gasteiger partial charge in [0.2, 0.25) is 0 Å². The second-order valence-electron chi connectivity index (χ2n) is 4.79. The van der Waals surface area contributed by atoms with Crippen molar-refractivity contribution in [2.24, 2.45) is 0 Å². The monoisotopic (exact) mass is 202 g/mol. The molecule has 0 amide bonds. The smallest absolute Gasteiger partial charge is 0.141 e. The molecule has 0 saturated heterocycles. The van der Waals surface area contributed by atoms with E-state index in [4.69, 9.17) is 0 Å². The van der Waals surface area contributed by atoms with Gasteiger partial charge in [-0.3, -0.25) is 0 Å². The summed E-state index contributed by atoms with van der Waals surface area (Å²) in [7, 11) is 0. The number of hydrogen-bond donors (Lipinski definition) is 0. The first-order valence-electron chi connectivity index (χ1n) is 5.70. The SMILES string of the molecule is CCCC(C)(C)N1CCc2c#ccnc21. The lowest BCUT2D eigenvalue weighted by Gasteiger charge is -2.36. The molecule has 15 heavy (non-hydrogen) atoms. The van der Waals surface area contributed by atoms with Gasteiger partial charge in [-0.15, -0.1) is 0 Å². The molecule has 0 bridgehead atoms. The van der Waals surface area contributed by atoms with Gasteiger partial charge in [-0.1, -0.05) is 19.4 Å². The molecule has 2 heterocycles. The van der Waals surface area contributed by atoms with Crippen LogP contribution in [-0.2, 0) is 6.42 Å². The van der Waals surface area contributed by atoms with Crippen LogP contribution in [0.15, 0.2) is 6.20 Å². The molecular formula is C13H18N2. The maximum atomic E-state index is 4.43. The van der Waals surface area contributed by atoms with Crippen LogP contribution in [-0.4, -0.2) is 17.1 Å². The van der Waals surface area contributed by atoms with Gasteiger partial charge >= 0.3 is 0 Å². The number of aromatic nitrogens is 1. The molecule has 2 nitrogen and oxygen atoms in total. The van der Waals surface area contributed by atoms with Crippen molar-refractivity contribution in [3.63, 3.8) is 0 Å². The Labute approximate surface area is 92.3 Å². The average Bonchev–Trinajstić information content (AvgIpc) is 2.61. The summed E-state index contributed by atoms with van der Waals surface area (Å²) < 4.78 is 0. The standard InChI is InChI=1S/C13H18N2/c1-4-8-13(2,3)15-10-7-11-6-5-9-14-12(11)15/h9H,4,7-8,10H2,1-3H3. The van der Waals surface area contributed by atoms with Crippen molar-refractivity contribution < 1.29 is 0 Å². The quantitative estimate of drug-likeness (QED) is 0.749. The molecule has 0 aromatic carbocycles. The minimum absolute atomic E-state index is 0.211. The van der Waals surface area contributed by atoms with Gasteiger partial charge in [0.05, 0.1) is 6.20 Å². The third-order valence-electron chi connectivity index (χ3n) is 3.18. The summed E-state index contributed by atoms with van der Waals surface area (Å²) in [6.45, 7) is 7.90. The topological polar surface area (TPSA) is 16.1 Å². The van der Waals surface area contributed by atoms with Gasteiger partial charge in [0, 0.05) is 24.1 Å². The Morgan fingerprint density at radius 3 is 3.07 bits per heavy atom. The third kappa shape index (κ3) is 1.79. The molecule has 1 aromatic heterocycles. The predicted molar refractivity (Wildman–Crippen MR) is 61.9 cm³/mol. The lowest BCUT2D eigenvalue weighted by atomic mass is 9.97. The highest BCUT2D eigenvalue weighted by Crippen LogP contribution is 2.32. The fourth-order valence-corrected chi connectivity index (χ4v) is 2.42. The molecule has 0 saturated carbocycles. The molecule has 0 unspecified atom stereocenters. The summed E-state index contributed by atoms with van der Waals surface area (Å²) in [6.07, 6.45) is 5.19. The van der Waals surface area contributed by atoms with Gasteiger partial charge in [0.15, 0.2) is 0 Å². The van der Waals surface area contributed by atoms with Crippen LogP contribution in [0.3, 0.4) is 0 Å². The fraction of sp³-hybridized carbons (Fsp3) is 0.615. The van der Waals surface area contributed by atoms with Crippen LogP contribution < -0.4 is 4.90 Å². The molecule has 2 rings (SSSR count). The van der Waals surface area contributed by atoms with Crippen LogP contribution in [0.4, 0.5) is 5.82 Å². The van der Waals surface area contributed by atoms with Crippen LogP contribution in [0, 0.1) is 12.1 Å². The Bertz CT molecular complexity index is 344. The number of rotatable bonds is 3. The molecule has 0 radical (unpaired) electrons. The van der Waals surface area contributed by atoms with Gasteiger partial charge in [-0.05, 0) is 26.3 Å². The lowest BCUT2D eigenvalue weighted by molar-refractivity contribution is 0.428. The van der Waals surface area contributed by atoms with Crippen molar-refractivity contribution in [3.8, 4) is 0 Å². The molecule has 0 spiro atoms. The highest BCUT2D eigenvalue weighted by atomic mass is 15.3. The highest BCUT2D eigenvalue weighted by molar-refractivity contribution is 5.52. The molecule has 0 fully saturated rings. The van der Waals surface area contributed by atoms with Crippen molar-refractivity contribution in [3.05, 3.63) is 23.9 Å². The number of fused-ring (bicyclic) bond motifs is 1. The van der Waals surface area contributed by atoms with Gasteiger partial charge < -0.3 is 4.90 Å². The summed E-state index contributed by atoms with van der Waals surface area (Å²) in [5.74, 6) is 1.12. The van der Waals surface area contributed by atoms with E-state index in [2.05, 4.69) is 42.8 Å². The van der Waals surface area contributed by atoms with Crippen LogP contribution in [0.5, 0.6) is 0 Å². The van der Waals surface area contributed by atoms with Crippen molar-refractivity contribution in [1.82, 2.24) is 4.98 Å². The molecular weight excluding hydrogens is 184 g/mol. The number of anilines is 1. The summed E-state index contributed by atoms with van der Waals surface area (Å²) in [6, 6.07) is 6.10. The number of nitrogens with zero attached hydrogens (tertiary/aromatic N) is 2. The predicted octanol–water partition coefficient (Wildman–Crippen LogP) is 2.62. The molecule has 1 aliphatic heterocycles. The summed E-state index contributed by atoms with van der Waals surface area (Å²) in [5, 5.41) is 0. The van der Waals surface area contributed by atoms with Crippen LogP contribution >= 0.6 is 0 Å². The normalized spacial score (nSPS) is 15.0. The molecule has 2 heteroatoms. The zero-order valence-electron chi connectivity index (χ0n) is 9.80. The molecule has 0 N–H and O–H groups in total. The third-order valence-corrected chi connectivity index (χ3v) is 3.18. The van der Waals surface area contributed by atoms with E-state index in [0.717, 1.165) is 18.8 Å². The van der Waals surface area contributed by atoms with Gasteiger partial charge in [-0.25, -0.2) is 4.98 Å². The number of hydrogen-bond acceptors (Lipinski definition) is 2. The van der Waals surface area contributed by atoms with E-state index in [9.17, 15) is 0 Å². The van der Waals surface area contributed by atoms with Gasteiger partial charge in [-0.2, -0.15) is 0 Å². The maximum Gasteiger partial charge on any atom is 0.141 e. The van der Waals surface area contributed by atoms with Crippen LogP contribution in [0.25, 0.3) is 0 Å². The van der Waals surface area contributed by atoms with E-state index < -0.39 is 0 Å². The van der Waals surface area contributed by atoms with E-state index in [-0.39, 0.29) is 5.54 Å². The largest absolute Gasteiger partial charge is 0.350 e. The first-order valence-corrected chi connectivity index (χ1v) is 5.70. The molecule has 1 aromatic rings. The Morgan fingerprint density at radius 2 is 2.33 bits per heavy atom. The van der Waals surface area contributed by atoms with E-state index in [1.807, 2.05) is 0 Å². The minimum Gasteiger partial charge on any atom is -0.350 e. The maximum absolute atomic E-state index is 4.43. The van der Waals surface area contributed by atoms with E-state index >= 15 is 0 Å². The minimum atomic E-state index is 0.211. The van der Waals surface area contributed by atoms with Crippen LogP contribution in [0.2, 0.25) is 0 Å². The molecule has 80 valence electrons. The summed E-state index contributed by atoms with van der Waals surface area (Å²) in [4.78, 5) is 6.84. The summed E-state index contributed by atoms with van der Waals surface area (Å²) in [5.41, 5.74) is 1.43. The fourth-order valence-electron chi connectivity index (χ4n) is 2.42. The molecule has 0 atom stereocenters. The average molecular weight is 202 g/mol. The van der Waals surface area contributed by atoms with Crippen molar-refractivity contribution in [1.29, 1.82) is 0 Å². The summed E-state index contributed by atoms with van der Waals surface area (Å²) >= 11 is 0. The zero-order chi connectivity index (χ0) is 10.9. The Morgan fingerprint density at radius 1 is 1.53 bits per heavy atom. The molecule has 1 aliphatic rings. The Balaban J connectivity index is 2.27. The van der Waals surface area contributed by atoms with Gasteiger partial charge in [0.1, 0.15) is 5.82 Å². The highest BCUT2D eigenvalue weighted by Gasteiger charge is 2.32. The molecule has 0 aliphatic carbocycles. The zero-order valence-corrected chi connectivity index (χ0v) is 9.80. The first-order chi connectivity index (χ1) is 7.15. The second-order valence-corrected chi connectivity index (χ2v) is 4.79. The lowest BCUT2D eigenvalue weighted by Crippen LogP contribution is -2.43. The van der Waals surface area contributed by atoms with Crippen molar-refractivity contribution in [2.45, 2.75) is 45.6 Å². The van der Waals surface area contributed by atoms with Crippen LogP contribution in [0.1, 0.15) is 39.2 Å². The van der Waals surface area contributed by atoms with E-state index in [1.165, 1.54) is 18.4 Å². The second kappa shape index (κ2) is 3.73. The van der Waals surface area contributed by atoms with Crippen molar-refractivity contribution in [2.75, 3.05) is 11.4 Å². The van der Waals surface area contributed by atoms with E-state index in [1.54, 1.807) is 6.20 Å². The van der Waals surface area contributed by atoms with Gasteiger partial charge in [0.25, 0.3) is 0 Å². The Hall–Kier alpha value is -1.23. The van der Waals surface area contributed by atoms with Crippen molar-refractivity contribution >= 4 is 5.82 Å². The van der Waals surface area contributed by atoms with E-state index in [0.29, 0.717) is 0 Å². The Kier molecular flexibility index (Phi) is 2.56.